The zero-order valence-corrected chi connectivity index (χ0v) is 19.9. The highest BCUT2D eigenvalue weighted by molar-refractivity contribution is 5.94. The van der Waals surface area contributed by atoms with Crippen molar-refractivity contribution in [1.82, 2.24) is 15.1 Å². The molecular formula is C27H33N3O3. The number of nitrogens with one attached hydrogen (secondary N) is 1. The van der Waals surface area contributed by atoms with E-state index in [4.69, 9.17) is 4.74 Å². The van der Waals surface area contributed by atoms with E-state index in [1.807, 2.05) is 37.3 Å². The number of rotatable bonds is 10. The lowest BCUT2D eigenvalue weighted by Crippen LogP contribution is -2.32. The smallest absolute Gasteiger partial charge is 0.358 e. The molecule has 2 atom stereocenters. The van der Waals surface area contributed by atoms with Gasteiger partial charge in [0.25, 0.3) is 5.91 Å². The summed E-state index contributed by atoms with van der Waals surface area (Å²) in [6, 6.07) is 19.4. The lowest BCUT2D eigenvalue weighted by atomic mass is 10.0. The number of aryl methyl sites for hydroxylation is 1. The molecule has 0 radical (unpaired) electrons. The van der Waals surface area contributed by atoms with Crippen molar-refractivity contribution in [2.24, 2.45) is 0 Å². The van der Waals surface area contributed by atoms with Crippen LogP contribution in [0.1, 0.15) is 78.6 Å². The zero-order chi connectivity index (χ0) is 23.8. The third-order valence-corrected chi connectivity index (χ3v) is 5.80. The van der Waals surface area contributed by atoms with Crippen LogP contribution < -0.4 is 5.32 Å². The second-order valence-corrected chi connectivity index (χ2v) is 8.34. The van der Waals surface area contributed by atoms with Crippen LogP contribution in [0.25, 0.3) is 5.69 Å². The van der Waals surface area contributed by atoms with E-state index in [9.17, 15) is 9.59 Å². The van der Waals surface area contributed by atoms with Crippen molar-refractivity contribution in [1.29, 1.82) is 0 Å². The van der Waals surface area contributed by atoms with Gasteiger partial charge in [0.1, 0.15) is 0 Å². The van der Waals surface area contributed by atoms with Crippen molar-refractivity contribution >= 4 is 11.9 Å². The van der Waals surface area contributed by atoms with Crippen LogP contribution in [0.2, 0.25) is 0 Å². The molecule has 0 aliphatic rings. The molecule has 1 amide bonds. The number of ether oxygens (including phenoxy) is 1. The first kappa shape index (κ1) is 24.2. The topological polar surface area (TPSA) is 73.2 Å². The van der Waals surface area contributed by atoms with Crippen LogP contribution >= 0.6 is 0 Å². The first-order valence-electron chi connectivity index (χ1n) is 11.6. The predicted octanol–water partition coefficient (Wildman–Crippen LogP) is 5.31. The minimum absolute atomic E-state index is 0.0626. The van der Waals surface area contributed by atoms with Crippen LogP contribution in [0.5, 0.6) is 0 Å². The fourth-order valence-electron chi connectivity index (χ4n) is 3.63. The van der Waals surface area contributed by atoms with Crippen molar-refractivity contribution in [3.63, 3.8) is 0 Å². The van der Waals surface area contributed by atoms with E-state index in [-0.39, 0.29) is 17.9 Å². The molecule has 0 saturated carbocycles. The maximum absolute atomic E-state index is 12.7. The summed E-state index contributed by atoms with van der Waals surface area (Å²) < 4.78 is 6.88. The van der Waals surface area contributed by atoms with Gasteiger partial charge in [-0.25, -0.2) is 9.48 Å². The molecule has 0 aliphatic heterocycles. The summed E-state index contributed by atoms with van der Waals surface area (Å²) in [5.41, 5.74) is 3.89. The van der Waals surface area contributed by atoms with E-state index in [0.29, 0.717) is 17.9 Å². The molecule has 6 heteroatoms. The molecule has 0 fully saturated rings. The Morgan fingerprint density at radius 1 is 1.03 bits per heavy atom. The van der Waals surface area contributed by atoms with Gasteiger partial charge in [0.2, 0.25) is 0 Å². The summed E-state index contributed by atoms with van der Waals surface area (Å²) in [7, 11) is 0. The quantitative estimate of drug-likeness (QED) is 0.427. The van der Waals surface area contributed by atoms with Gasteiger partial charge >= 0.3 is 5.97 Å². The van der Waals surface area contributed by atoms with Gasteiger partial charge in [0.15, 0.2) is 5.69 Å². The van der Waals surface area contributed by atoms with Gasteiger partial charge < -0.3 is 10.1 Å². The van der Waals surface area contributed by atoms with Crippen molar-refractivity contribution < 1.29 is 14.3 Å². The first-order valence-corrected chi connectivity index (χ1v) is 11.6. The molecule has 0 aliphatic carbocycles. The number of carbonyl (C=O) groups is 2. The predicted molar refractivity (Wildman–Crippen MR) is 130 cm³/mol. The van der Waals surface area contributed by atoms with Crippen molar-refractivity contribution in [3.05, 3.63) is 83.2 Å². The molecule has 0 unspecified atom stereocenters. The minimum Gasteiger partial charge on any atom is -0.461 e. The van der Waals surface area contributed by atoms with E-state index in [1.54, 1.807) is 29.8 Å². The average molecular weight is 448 g/mol. The number of hydrogen-bond acceptors (Lipinski definition) is 4. The molecule has 33 heavy (non-hydrogen) atoms. The summed E-state index contributed by atoms with van der Waals surface area (Å²) in [5.74, 6) is -0.313. The first-order chi connectivity index (χ1) is 15.9. The van der Waals surface area contributed by atoms with E-state index < -0.39 is 5.97 Å². The van der Waals surface area contributed by atoms with Crippen molar-refractivity contribution in [3.8, 4) is 5.69 Å². The van der Waals surface area contributed by atoms with Gasteiger partial charge in [0, 0.05) is 17.3 Å². The molecule has 3 aromatic rings. The summed E-state index contributed by atoms with van der Waals surface area (Å²) >= 11 is 0. The Morgan fingerprint density at radius 3 is 2.36 bits per heavy atom. The standard InChI is InChI=1S/C27H33N3O3/c1-5-19(3)25-18-24(27(32)33-6-2)29-30(25)23-16-14-22(15-17-23)26(31)28-20(4)12-13-21-10-8-7-9-11-21/h7-11,14-20H,5-6,12-13H2,1-4H3,(H,28,31)/t19-,20+/m1/s1. The van der Waals surface area contributed by atoms with E-state index in [0.717, 1.165) is 30.6 Å². The van der Waals surface area contributed by atoms with Gasteiger partial charge in [0.05, 0.1) is 12.3 Å². The van der Waals surface area contributed by atoms with Gasteiger partial charge in [-0.15, -0.1) is 0 Å². The SMILES string of the molecule is CCOC(=O)c1cc([C@H](C)CC)n(-c2ccc(C(=O)N[C@@H](C)CCc3ccccc3)cc2)n1. The highest BCUT2D eigenvalue weighted by Crippen LogP contribution is 2.24. The van der Waals surface area contributed by atoms with Crippen LogP contribution in [0.15, 0.2) is 60.7 Å². The van der Waals surface area contributed by atoms with Gasteiger partial charge in [-0.1, -0.05) is 44.2 Å². The van der Waals surface area contributed by atoms with Crippen LogP contribution in [-0.4, -0.2) is 34.3 Å². The monoisotopic (exact) mass is 447 g/mol. The zero-order valence-electron chi connectivity index (χ0n) is 19.9. The Bertz CT molecular complexity index is 1060. The van der Waals surface area contributed by atoms with E-state index in [2.05, 4.69) is 36.4 Å². The average Bonchev–Trinajstić information content (AvgIpc) is 3.29. The van der Waals surface area contributed by atoms with Crippen LogP contribution in [0.3, 0.4) is 0 Å². The normalized spacial score (nSPS) is 12.7. The maximum atomic E-state index is 12.7. The van der Waals surface area contributed by atoms with Crippen LogP contribution in [0.4, 0.5) is 0 Å². The number of nitrogens with zero attached hydrogens (tertiary/aromatic N) is 2. The third kappa shape index (κ3) is 6.31. The third-order valence-electron chi connectivity index (χ3n) is 5.80. The lowest BCUT2D eigenvalue weighted by Gasteiger charge is -2.15. The molecule has 2 aromatic carbocycles. The van der Waals surface area contributed by atoms with Gasteiger partial charge in [-0.2, -0.15) is 5.10 Å². The molecule has 3 rings (SSSR count). The van der Waals surface area contributed by atoms with Crippen molar-refractivity contribution in [2.45, 2.75) is 58.9 Å². The van der Waals surface area contributed by atoms with E-state index in [1.165, 1.54) is 5.56 Å². The molecule has 1 heterocycles. The highest BCUT2D eigenvalue weighted by atomic mass is 16.5. The molecule has 174 valence electrons. The van der Waals surface area contributed by atoms with Gasteiger partial charge in [-0.05, 0) is 74.9 Å². The van der Waals surface area contributed by atoms with Crippen LogP contribution in [-0.2, 0) is 11.2 Å². The number of esters is 1. The molecule has 0 spiro atoms. The van der Waals surface area contributed by atoms with Crippen molar-refractivity contribution in [2.75, 3.05) is 6.61 Å². The van der Waals surface area contributed by atoms with E-state index >= 15 is 0 Å². The van der Waals surface area contributed by atoms with Gasteiger partial charge in [-0.3, -0.25) is 4.79 Å². The Balaban J connectivity index is 1.70. The Morgan fingerprint density at radius 2 is 1.73 bits per heavy atom. The lowest BCUT2D eigenvalue weighted by molar-refractivity contribution is 0.0518. The fraction of sp³-hybridized carbons (Fsp3) is 0.370. The summed E-state index contributed by atoms with van der Waals surface area (Å²) in [6.07, 6.45) is 2.70. The number of aromatic nitrogens is 2. The molecule has 0 saturated heterocycles. The number of amides is 1. The number of benzene rings is 2. The summed E-state index contributed by atoms with van der Waals surface area (Å²) in [6.45, 7) is 8.29. The van der Waals surface area contributed by atoms with Crippen LogP contribution in [0, 0.1) is 0 Å². The molecule has 0 bridgehead atoms. The summed E-state index contributed by atoms with van der Waals surface area (Å²) in [4.78, 5) is 24.9. The Hall–Kier alpha value is -3.41. The molecule has 1 aromatic heterocycles. The largest absolute Gasteiger partial charge is 0.461 e. The second kappa shape index (κ2) is 11.5. The second-order valence-electron chi connectivity index (χ2n) is 8.34. The molecular weight excluding hydrogens is 414 g/mol. The number of hydrogen-bond donors (Lipinski definition) is 1. The summed E-state index contributed by atoms with van der Waals surface area (Å²) in [5, 5.41) is 7.56. The minimum atomic E-state index is -0.429. The Kier molecular flexibility index (Phi) is 8.41. The molecule has 6 nitrogen and oxygen atoms in total. The Labute approximate surface area is 196 Å². The molecule has 1 N–H and O–H groups in total. The highest BCUT2D eigenvalue weighted by Gasteiger charge is 2.20. The fourth-order valence-corrected chi connectivity index (χ4v) is 3.63. The number of carbonyl (C=O) groups excluding carboxylic acids is 2. The maximum Gasteiger partial charge on any atom is 0.358 e.